The van der Waals surface area contributed by atoms with Gasteiger partial charge in [-0.2, -0.15) is 0 Å². The summed E-state index contributed by atoms with van der Waals surface area (Å²) in [4.78, 5) is 0.322. The highest BCUT2D eigenvalue weighted by Crippen LogP contribution is 2.28. The van der Waals surface area contributed by atoms with E-state index in [-0.39, 0.29) is 0 Å². The molecule has 2 rings (SSSR count). The van der Waals surface area contributed by atoms with Crippen LogP contribution in [0.25, 0.3) is 0 Å². The van der Waals surface area contributed by atoms with Gasteiger partial charge in [0.05, 0.1) is 0 Å². The minimum absolute atomic E-state index is 0.322. The zero-order valence-corrected chi connectivity index (χ0v) is 13.5. The first-order chi connectivity index (χ1) is 8.95. The molecule has 0 atom stereocenters. The molecule has 0 radical (unpaired) electrons. The highest BCUT2D eigenvalue weighted by atomic mass is 79.9. The molecule has 0 heterocycles. The van der Waals surface area contributed by atoms with Crippen LogP contribution in [-0.4, -0.2) is 4.99 Å². The molecule has 0 aliphatic carbocycles. The topological polar surface area (TPSA) is 38.0 Å². The normalized spacial score (nSPS) is 10.3. The van der Waals surface area contributed by atoms with Crippen LogP contribution >= 0.6 is 51.3 Å². The van der Waals surface area contributed by atoms with Crippen LogP contribution in [0.2, 0.25) is 10.0 Å². The average molecular weight is 376 g/mol. The fourth-order valence-electron chi connectivity index (χ4n) is 1.62. The van der Waals surface area contributed by atoms with Crippen molar-refractivity contribution in [3.05, 3.63) is 56.5 Å². The molecule has 19 heavy (non-hydrogen) atoms. The molecule has 0 aromatic heterocycles. The summed E-state index contributed by atoms with van der Waals surface area (Å²) in [6, 6.07) is 10.8. The second kappa shape index (κ2) is 6.09. The molecule has 0 spiro atoms. The van der Waals surface area contributed by atoms with Gasteiger partial charge in [-0.1, -0.05) is 51.3 Å². The van der Waals surface area contributed by atoms with E-state index in [9.17, 15) is 0 Å². The molecule has 0 saturated heterocycles. The van der Waals surface area contributed by atoms with Gasteiger partial charge in [0, 0.05) is 31.5 Å². The van der Waals surface area contributed by atoms with E-state index in [1.165, 1.54) is 0 Å². The monoisotopic (exact) mass is 374 g/mol. The standard InChI is InChI=1S/C13H9BrCl2N2S/c14-7-1-2-11(13(17)19)12(3-7)18-10-5-8(15)4-9(16)6-10/h1-6,18H,(H2,17,19). The number of anilines is 2. The summed E-state index contributed by atoms with van der Waals surface area (Å²) in [5.41, 5.74) is 8.02. The SMILES string of the molecule is NC(=S)c1ccc(Br)cc1Nc1cc(Cl)cc(Cl)c1. The molecule has 0 aliphatic rings. The maximum Gasteiger partial charge on any atom is 0.106 e. The zero-order chi connectivity index (χ0) is 14.0. The number of nitrogens with one attached hydrogen (secondary N) is 1. The molecular formula is C13H9BrCl2N2S. The van der Waals surface area contributed by atoms with Gasteiger partial charge >= 0.3 is 0 Å². The van der Waals surface area contributed by atoms with Crippen LogP contribution in [0.4, 0.5) is 11.4 Å². The average Bonchev–Trinajstić information content (AvgIpc) is 2.26. The molecule has 0 fully saturated rings. The Kier molecular flexibility index (Phi) is 4.68. The Bertz CT molecular complexity index is 626. The number of hydrogen-bond donors (Lipinski definition) is 2. The molecule has 0 unspecified atom stereocenters. The van der Waals surface area contributed by atoms with Crippen LogP contribution in [0.3, 0.4) is 0 Å². The highest BCUT2D eigenvalue weighted by Gasteiger charge is 2.07. The second-order valence-corrected chi connectivity index (χ2v) is 6.07. The molecule has 0 saturated carbocycles. The lowest BCUT2D eigenvalue weighted by molar-refractivity contribution is 1.51. The summed E-state index contributed by atoms with van der Waals surface area (Å²) >= 11 is 20.4. The molecule has 0 bridgehead atoms. The molecule has 6 heteroatoms. The van der Waals surface area contributed by atoms with Gasteiger partial charge in [0.1, 0.15) is 4.99 Å². The Labute approximate surface area is 135 Å². The first kappa shape index (κ1) is 14.6. The van der Waals surface area contributed by atoms with Gasteiger partial charge in [0.2, 0.25) is 0 Å². The fourth-order valence-corrected chi connectivity index (χ4v) is 2.68. The first-order valence-electron chi connectivity index (χ1n) is 5.28. The number of nitrogens with two attached hydrogens (primary N) is 1. The third kappa shape index (κ3) is 3.83. The maximum atomic E-state index is 5.97. The number of hydrogen-bond acceptors (Lipinski definition) is 2. The summed E-state index contributed by atoms with van der Waals surface area (Å²) < 4.78 is 0.920. The quantitative estimate of drug-likeness (QED) is 0.730. The van der Waals surface area contributed by atoms with Crippen molar-refractivity contribution in [3.8, 4) is 0 Å². The molecular weight excluding hydrogens is 367 g/mol. The van der Waals surface area contributed by atoms with E-state index in [1.54, 1.807) is 18.2 Å². The van der Waals surface area contributed by atoms with Crippen molar-refractivity contribution < 1.29 is 0 Å². The molecule has 2 nitrogen and oxygen atoms in total. The van der Waals surface area contributed by atoms with Gasteiger partial charge in [0.15, 0.2) is 0 Å². The summed E-state index contributed by atoms with van der Waals surface area (Å²) in [5.74, 6) is 0. The van der Waals surface area contributed by atoms with Crippen molar-refractivity contribution in [2.75, 3.05) is 5.32 Å². The second-order valence-electron chi connectivity index (χ2n) is 3.84. The van der Waals surface area contributed by atoms with Crippen molar-refractivity contribution in [3.63, 3.8) is 0 Å². The van der Waals surface area contributed by atoms with E-state index in [0.29, 0.717) is 15.0 Å². The molecule has 2 aromatic carbocycles. The third-order valence-corrected chi connectivity index (χ3v) is 3.54. The van der Waals surface area contributed by atoms with Crippen molar-refractivity contribution in [1.29, 1.82) is 0 Å². The number of halogens is 3. The van der Waals surface area contributed by atoms with Gasteiger partial charge in [-0.3, -0.25) is 0 Å². The molecule has 3 N–H and O–H groups in total. The Morgan fingerprint density at radius 3 is 2.32 bits per heavy atom. The van der Waals surface area contributed by atoms with Crippen LogP contribution in [0, 0.1) is 0 Å². The van der Waals surface area contributed by atoms with Crippen LogP contribution in [-0.2, 0) is 0 Å². The van der Waals surface area contributed by atoms with E-state index in [4.69, 9.17) is 41.2 Å². The Morgan fingerprint density at radius 2 is 1.74 bits per heavy atom. The van der Waals surface area contributed by atoms with Gasteiger partial charge in [-0.05, 0) is 36.4 Å². The lowest BCUT2D eigenvalue weighted by atomic mass is 10.1. The van der Waals surface area contributed by atoms with Crippen LogP contribution in [0.1, 0.15) is 5.56 Å². The van der Waals surface area contributed by atoms with E-state index < -0.39 is 0 Å². The predicted molar refractivity (Wildman–Crippen MR) is 89.8 cm³/mol. The molecule has 2 aromatic rings. The Balaban J connectivity index is 2.42. The van der Waals surface area contributed by atoms with Gasteiger partial charge in [0.25, 0.3) is 0 Å². The summed E-state index contributed by atoms with van der Waals surface area (Å²) in [6.07, 6.45) is 0. The zero-order valence-electron chi connectivity index (χ0n) is 9.58. The van der Waals surface area contributed by atoms with E-state index in [1.807, 2.05) is 18.2 Å². The van der Waals surface area contributed by atoms with E-state index >= 15 is 0 Å². The third-order valence-electron chi connectivity index (χ3n) is 2.39. The maximum absolute atomic E-state index is 5.97. The van der Waals surface area contributed by atoms with E-state index in [0.717, 1.165) is 21.4 Å². The number of thiocarbonyl (C=S) groups is 1. The van der Waals surface area contributed by atoms with Gasteiger partial charge in [-0.15, -0.1) is 0 Å². The van der Waals surface area contributed by atoms with Crippen LogP contribution in [0.15, 0.2) is 40.9 Å². The highest BCUT2D eigenvalue weighted by molar-refractivity contribution is 9.10. The predicted octanol–water partition coefficient (Wildman–Crippen LogP) is 5.13. The molecule has 0 aliphatic heterocycles. The minimum atomic E-state index is 0.322. The van der Waals surface area contributed by atoms with Crippen molar-refractivity contribution in [2.24, 2.45) is 5.73 Å². The van der Waals surface area contributed by atoms with Crippen LogP contribution in [0.5, 0.6) is 0 Å². The molecule has 98 valence electrons. The first-order valence-corrected chi connectivity index (χ1v) is 7.24. The van der Waals surface area contributed by atoms with Gasteiger partial charge in [-0.25, -0.2) is 0 Å². The number of rotatable bonds is 3. The van der Waals surface area contributed by atoms with Crippen molar-refractivity contribution in [2.45, 2.75) is 0 Å². The van der Waals surface area contributed by atoms with Crippen molar-refractivity contribution >= 4 is 67.7 Å². The summed E-state index contributed by atoms with van der Waals surface area (Å²) in [5, 5.41) is 4.32. The largest absolute Gasteiger partial charge is 0.389 e. The molecule has 0 amide bonds. The summed E-state index contributed by atoms with van der Waals surface area (Å²) in [7, 11) is 0. The number of benzene rings is 2. The Hall–Kier alpha value is -0.810. The minimum Gasteiger partial charge on any atom is -0.389 e. The lowest BCUT2D eigenvalue weighted by Gasteiger charge is -2.12. The fraction of sp³-hybridized carbons (Fsp3) is 0. The lowest BCUT2D eigenvalue weighted by Crippen LogP contribution is -2.11. The van der Waals surface area contributed by atoms with Crippen LogP contribution < -0.4 is 11.1 Å². The Morgan fingerprint density at radius 1 is 1.11 bits per heavy atom. The summed E-state index contributed by atoms with van der Waals surface area (Å²) in [6.45, 7) is 0. The van der Waals surface area contributed by atoms with Crippen molar-refractivity contribution in [1.82, 2.24) is 0 Å². The smallest absolute Gasteiger partial charge is 0.106 e. The van der Waals surface area contributed by atoms with Gasteiger partial charge < -0.3 is 11.1 Å². The van der Waals surface area contributed by atoms with E-state index in [2.05, 4.69) is 21.2 Å².